The second-order valence-corrected chi connectivity index (χ2v) is 6.44. The highest BCUT2D eigenvalue weighted by Crippen LogP contribution is 2.45. The van der Waals surface area contributed by atoms with Crippen LogP contribution in [-0.4, -0.2) is 24.2 Å². The molecule has 118 valence electrons. The third-order valence-electron chi connectivity index (χ3n) is 3.78. The summed E-state index contributed by atoms with van der Waals surface area (Å²) in [5.74, 6) is 1.56. The summed E-state index contributed by atoms with van der Waals surface area (Å²) in [6.45, 7) is 0.587. The molecule has 0 saturated carbocycles. The van der Waals surface area contributed by atoms with Crippen LogP contribution in [-0.2, 0) is 4.74 Å². The predicted octanol–water partition coefficient (Wildman–Crippen LogP) is 3.47. The summed E-state index contributed by atoms with van der Waals surface area (Å²) in [5.41, 5.74) is 1.28. The molecule has 2 aromatic rings. The molecule has 0 radical (unpaired) electrons. The van der Waals surface area contributed by atoms with E-state index in [2.05, 4.69) is 15.9 Å². The van der Waals surface area contributed by atoms with Gasteiger partial charge in [0, 0.05) is 11.6 Å². The van der Waals surface area contributed by atoms with Gasteiger partial charge >= 0.3 is 5.97 Å². The first-order chi connectivity index (χ1) is 11.2. The Morgan fingerprint density at radius 2 is 1.78 bits per heavy atom. The highest BCUT2D eigenvalue weighted by atomic mass is 79.9. The number of ether oxygens (including phenoxy) is 4. The summed E-state index contributed by atoms with van der Waals surface area (Å²) in [6, 6.07) is 12.5. The maximum atomic E-state index is 12.4. The van der Waals surface area contributed by atoms with Crippen molar-refractivity contribution in [2.45, 2.75) is 10.9 Å². The summed E-state index contributed by atoms with van der Waals surface area (Å²) in [7, 11) is 0. The standard InChI is InChI=1S/C17H13BrO5/c18-12-8-20-13-7-15-14(21-9-22-15)6-11(13)16(12)23-17(19)10-4-2-1-3-5-10/h1-7,12,16H,8-9H2/t12-,16-/m0/s1. The third kappa shape index (κ3) is 2.63. The van der Waals surface area contributed by atoms with Crippen molar-refractivity contribution in [3.8, 4) is 17.2 Å². The van der Waals surface area contributed by atoms with Crippen LogP contribution in [0.1, 0.15) is 22.0 Å². The Labute approximate surface area is 141 Å². The largest absolute Gasteiger partial charge is 0.492 e. The van der Waals surface area contributed by atoms with Crippen molar-refractivity contribution in [3.05, 3.63) is 53.6 Å². The average Bonchev–Trinajstić information content (AvgIpc) is 3.04. The van der Waals surface area contributed by atoms with E-state index in [9.17, 15) is 4.79 Å². The SMILES string of the molecule is O=C(O[C@H]1c2cc3c(cc2OC[C@@H]1Br)OCO3)c1ccccc1. The lowest BCUT2D eigenvalue weighted by Gasteiger charge is -2.30. The Hall–Kier alpha value is -2.21. The van der Waals surface area contributed by atoms with Gasteiger partial charge in [0.2, 0.25) is 6.79 Å². The molecular formula is C17H13BrO5. The molecule has 0 aromatic heterocycles. The van der Waals surface area contributed by atoms with E-state index in [1.807, 2.05) is 12.1 Å². The van der Waals surface area contributed by atoms with Gasteiger partial charge in [0.05, 0.1) is 10.4 Å². The van der Waals surface area contributed by atoms with Gasteiger partial charge in [0.25, 0.3) is 0 Å². The molecule has 2 heterocycles. The van der Waals surface area contributed by atoms with Crippen molar-refractivity contribution in [3.63, 3.8) is 0 Å². The molecule has 2 aliphatic heterocycles. The number of carbonyl (C=O) groups is 1. The van der Waals surface area contributed by atoms with Gasteiger partial charge in [-0.15, -0.1) is 0 Å². The van der Waals surface area contributed by atoms with Gasteiger partial charge in [-0.3, -0.25) is 0 Å². The van der Waals surface area contributed by atoms with Crippen LogP contribution >= 0.6 is 15.9 Å². The molecule has 6 heteroatoms. The van der Waals surface area contributed by atoms with Gasteiger partial charge in [-0.1, -0.05) is 34.1 Å². The maximum absolute atomic E-state index is 12.4. The third-order valence-corrected chi connectivity index (χ3v) is 4.53. The molecule has 23 heavy (non-hydrogen) atoms. The molecule has 0 saturated heterocycles. The van der Waals surface area contributed by atoms with E-state index < -0.39 is 6.10 Å². The minimum Gasteiger partial charge on any atom is -0.492 e. The van der Waals surface area contributed by atoms with Gasteiger partial charge in [-0.2, -0.15) is 0 Å². The fourth-order valence-corrected chi connectivity index (χ4v) is 3.16. The van der Waals surface area contributed by atoms with Crippen LogP contribution in [0.4, 0.5) is 0 Å². The van der Waals surface area contributed by atoms with Crippen molar-refractivity contribution >= 4 is 21.9 Å². The first-order valence-corrected chi connectivity index (χ1v) is 8.10. The van der Waals surface area contributed by atoms with Crippen LogP contribution in [0.25, 0.3) is 0 Å². The molecule has 0 bridgehead atoms. The summed E-state index contributed by atoms with van der Waals surface area (Å²) >= 11 is 3.53. The van der Waals surface area contributed by atoms with Crippen LogP contribution in [0.2, 0.25) is 0 Å². The van der Waals surface area contributed by atoms with Crippen molar-refractivity contribution in [1.29, 1.82) is 0 Å². The van der Waals surface area contributed by atoms with Crippen molar-refractivity contribution in [2.75, 3.05) is 13.4 Å². The highest BCUT2D eigenvalue weighted by molar-refractivity contribution is 9.09. The fraction of sp³-hybridized carbons (Fsp3) is 0.235. The van der Waals surface area contributed by atoms with Gasteiger partial charge in [-0.05, 0) is 18.2 Å². The molecule has 0 unspecified atom stereocenters. The number of hydrogen-bond acceptors (Lipinski definition) is 5. The van der Waals surface area contributed by atoms with E-state index in [0.29, 0.717) is 29.4 Å². The van der Waals surface area contributed by atoms with Crippen LogP contribution in [0.5, 0.6) is 17.2 Å². The number of benzene rings is 2. The van der Waals surface area contributed by atoms with Gasteiger partial charge in [0.15, 0.2) is 11.5 Å². The van der Waals surface area contributed by atoms with Crippen molar-refractivity contribution in [1.82, 2.24) is 0 Å². The molecule has 0 fully saturated rings. The Balaban J connectivity index is 1.65. The number of esters is 1. The molecule has 5 nitrogen and oxygen atoms in total. The zero-order valence-corrected chi connectivity index (χ0v) is 13.6. The van der Waals surface area contributed by atoms with E-state index >= 15 is 0 Å². The minimum atomic E-state index is -0.457. The van der Waals surface area contributed by atoms with E-state index in [1.165, 1.54) is 0 Å². The summed E-state index contributed by atoms with van der Waals surface area (Å²) in [6.07, 6.45) is -0.457. The number of halogens is 1. The number of fused-ring (bicyclic) bond motifs is 2. The topological polar surface area (TPSA) is 54.0 Å². The molecular weight excluding hydrogens is 364 g/mol. The molecule has 0 aliphatic carbocycles. The lowest BCUT2D eigenvalue weighted by Crippen LogP contribution is -2.29. The maximum Gasteiger partial charge on any atom is 0.338 e. The molecule has 0 N–H and O–H groups in total. The Morgan fingerprint density at radius 3 is 2.57 bits per heavy atom. The zero-order valence-electron chi connectivity index (χ0n) is 12.0. The lowest BCUT2D eigenvalue weighted by molar-refractivity contribution is 0.0220. The van der Waals surface area contributed by atoms with Crippen molar-refractivity contribution < 1.29 is 23.7 Å². The highest BCUT2D eigenvalue weighted by Gasteiger charge is 2.35. The number of carbonyl (C=O) groups excluding carboxylic acids is 1. The molecule has 4 rings (SSSR count). The van der Waals surface area contributed by atoms with Crippen molar-refractivity contribution in [2.24, 2.45) is 0 Å². The Kier molecular flexibility index (Phi) is 3.61. The summed E-state index contributed by atoms with van der Waals surface area (Å²) in [5, 5.41) is 0. The number of alkyl halides is 1. The average molecular weight is 377 g/mol. The summed E-state index contributed by atoms with van der Waals surface area (Å²) < 4.78 is 22.2. The minimum absolute atomic E-state index is 0.136. The van der Waals surface area contributed by atoms with E-state index in [0.717, 1.165) is 5.56 Å². The van der Waals surface area contributed by atoms with Crippen LogP contribution in [0.15, 0.2) is 42.5 Å². The first-order valence-electron chi connectivity index (χ1n) is 7.19. The Morgan fingerprint density at radius 1 is 1.04 bits per heavy atom. The zero-order chi connectivity index (χ0) is 15.8. The van der Waals surface area contributed by atoms with E-state index in [1.54, 1.807) is 30.3 Å². The van der Waals surface area contributed by atoms with Gasteiger partial charge < -0.3 is 18.9 Å². The smallest absolute Gasteiger partial charge is 0.338 e. The van der Waals surface area contributed by atoms with Crippen LogP contribution in [0.3, 0.4) is 0 Å². The summed E-state index contributed by atoms with van der Waals surface area (Å²) in [4.78, 5) is 12.2. The Bertz CT molecular complexity index is 746. The molecule has 2 aromatic carbocycles. The lowest BCUT2D eigenvalue weighted by atomic mass is 10.0. The van der Waals surface area contributed by atoms with E-state index in [-0.39, 0.29) is 17.6 Å². The second kappa shape index (κ2) is 5.77. The van der Waals surface area contributed by atoms with E-state index in [4.69, 9.17) is 18.9 Å². The number of hydrogen-bond donors (Lipinski definition) is 0. The predicted molar refractivity (Wildman–Crippen MR) is 85.4 cm³/mol. The van der Waals surface area contributed by atoms with Crippen LogP contribution < -0.4 is 14.2 Å². The van der Waals surface area contributed by atoms with Gasteiger partial charge in [0.1, 0.15) is 18.5 Å². The second-order valence-electron chi connectivity index (χ2n) is 5.26. The molecule has 2 atom stereocenters. The number of rotatable bonds is 2. The molecule has 0 spiro atoms. The van der Waals surface area contributed by atoms with Crippen LogP contribution in [0, 0.1) is 0 Å². The fourth-order valence-electron chi connectivity index (χ4n) is 2.63. The molecule has 0 amide bonds. The normalized spacial score (nSPS) is 21.3. The quantitative estimate of drug-likeness (QED) is 0.593. The molecule has 2 aliphatic rings. The monoisotopic (exact) mass is 376 g/mol. The first kappa shape index (κ1) is 14.4. The van der Waals surface area contributed by atoms with Gasteiger partial charge in [-0.25, -0.2) is 4.79 Å².